The molecule has 0 N–H and O–H groups in total. The van der Waals surface area contributed by atoms with E-state index >= 15 is 0 Å². The van der Waals surface area contributed by atoms with Gasteiger partial charge in [0.2, 0.25) is 5.52 Å². The predicted molar refractivity (Wildman–Crippen MR) is 88.9 cm³/mol. The molecule has 0 aliphatic carbocycles. The maximum atomic E-state index is 11.7. The van der Waals surface area contributed by atoms with Gasteiger partial charge >= 0.3 is 5.97 Å². The lowest BCUT2D eigenvalue weighted by Gasteiger charge is -2.02. The van der Waals surface area contributed by atoms with Gasteiger partial charge in [-0.15, -0.1) is 0 Å². The molecule has 0 saturated heterocycles. The molecular weight excluding hydrogens is 302 g/mol. The number of esters is 1. The summed E-state index contributed by atoms with van der Waals surface area (Å²) in [6.07, 6.45) is 3.07. The van der Waals surface area contributed by atoms with Gasteiger partial charge in [0.1, 0.15) is 10.5 Å². The fraction of sp³-hybridized carbons (Fsp3) is 0.500. The summed E-state index contributed by atoms with van der Waals surface area (Å²) in [5, 5.41) is 0. The number of aromatic nitrogens is 1. The summed E-state index contributed by atoms with van der Waals surface area (Å²) in [5.41, 5.74) is 1.26. The van der Waals surface area contributed by atoms with Crippen molar-refractivity contribution in [3.63, 3.8) is 0 Å². The third kappa shape index (κ3) is 4.45. The second kappa shape index (κ2) is 8.39. The molecule has 2 aromatic rings. The number of thioether (sulfide) groups is 1. The molecule has 0 unspecified atom stereocenters. The lowest BCUT2D eigenvalue weighted by atomic mass is 10.3. The molecule has 0 fully saturated rings. The zero-order chi connectivity index (χ0) is 15.1. The van der Waals surface area contributed by atoms with Gasteiger partial charge < -0.3 is 4.74 Å². The van der Waals surface area contributed by atoms with Gasteiger partial charge in [-0.3, -0.25) is 4.79 Å². The first kappa shape index (κ1) is 16.3. The number of thiazole rings is 1. The number of carbonyl (C=O) groups excluding carboxylic acids is 1. The van der Waals surface area contributed by atoms with E-state index < -0.39 is 0 Å². The first-order valence-corrected chi connectivity index (χ1v) is 9.26. The standard InChI is InChI=1S/C16H22NO2S2/c1-3-5-11-19-15(18)12-20-16-17(10-4-2)13-8-6-7-9-14(13)21-16/h6-9H,3-5,10-12H2,1-2H3/q+1. The van der Waals surface area contributed by atoms with Gasteiger partial charge in [-0.2, -0.15) is 4.57 Å². The van der Waals surface area contributed by atoms with Crippen LogP contribution in [0.5, 0.6) is 0 Å². The molecule has 1 aromatic heterocycles. The van der Waals surface area contributed by atoms with Crippen molar-refractivity contribution in [2.45, 2.75) is 44.0 Å². The summed E-state index contributed by atoms with van der Waals surface area (Å²) in [6, 6.07) is 8.40. The first-order valence-electron chi connectivity index (χ1n) is 7.46. The zero-order valence-corrected chi connectivity index (χ0v) is 14.3. The first-order chi connectivity index (χ1) is 10.3. The van der Waals surface area contributed by atoms with Crippen molar-refractivity contribution in [2.75, 3.05) is 12.4 Å². The average molecular weight is 324 g/mol. The van der Waals surface area contributed by atoms with Crippen molar-refractivity contribution in [3.8, 4) is 0 Å². The van der Waals surface area contributed by atoms with E-state index in [-0.39, 0.29) is 5.97 Å². The van der Waals surface area contributed by atoms with Crippen LogP contribution in [0.25, 0.3) is 10.2 Å². The molecule has 1 heterocycles. The summed E-state index contributed by atoms with van der Waals surface area (Å²) >= 11 is 3.34. The third-order valence-corrected chi connectivity index (χ3v) is 5.51. The Bertz CT molecular complexity index is 595. The number of benzene rings is 1. The molecule has 0 radical (unpaired) electrons. The smallest absolute Gasteiger partial charge is 0.316 e. The predicted octanol–water partition coefficient (Wildman–Crippen LogP) is 4.03. The van der Waals surface area contributed by atoms with Crippen LogP contribution in [0.2, 0.25) is 0 Å². The van der Waals surface area contributed by atoms with Crippen LogP contribution in [0.15, 0.2) is 28.6 Å². The van der Waals surface area contributed by atoms with Crippen LogP contribution in [0.3, 0.4) is 0 Å². The number of hydrogen-bond acceptors (Lipinski definition) is 4. The molecule has 114 valence electrons. The molecule has 0 aliphatic heterocycles. The third-order valence-electron chi connectivity index (χ3n) is 3.10. The largest absolute Gasteiger partial charge is 0.465 e. The Morgan fingerprint density at radius 3 is 2.86 bits per heavy atom. The van der Waals surface area contributed by atoms with Gasteiger partial charge in [0.05, 0.1) is 6.61 Å². The SMILES string of the molecule is CCCCOC(=O)CSc1sc2ccccc2[n+]1CCC. The van der Waals surface area contributed by atoms with Crippen LogP contribution in [0.4, 0.5) is 0 Å². The molecule has 3 nitrogen and oxygen atoms in total. The topological polar surface area (TPSA) is 30.2 Å². The highest BCUT2D eigenvalue weighted by Gasteiger charge is 2.21. The summed E-state index contributed by atoms with van der Waals surface area (Å²) in [6.45, 7) is 5.79. The maximum Gasteiger partial charge on any atom is 0.316 e. The summed E-state index contributed by atoms with van der Waals surface area (Å²) in [4.78, 5) is 11.7. The molecular formula is C16H22NO2S2+. The Labute approximate surface area is 134 Å². The number of ether oxygens (including phenoxy) is 1. The number of carbonyl (C=O) groups is 1. The molecule has 0 saturated carbocycles. The van der Waals surface area contributed by atoms with Crippen molar-refractivity contribution in [1.29, 1.82) is 0 Å². The van der Waals surface area contributed by atoms with E-state index in [0.29, 0.717) is 12.4 Å². The number of fused-ring (bicyclic) bond motifs is 1. The minimum Gasteiger partial charge on any atom is -0.465 e. The van der Waals surface area contributed by atoms with Crippen LogP contribution in [-0.4, -0.2) is 18.3 Å². The van der Waals surface area contributed by atoms with Crippen molar-refractivity contribution in [2.24, 2.45) is 0 Å². The van der Waals surface area contributed by atoms with Gasteiger partial charge in [0, 0.05) is 12.5 Å². The molecule has 1 aromatic carbocycles. The second-order valence-corrected chi connectivity index (χ2v) is 7.10. The Morgan fingerprint density at radius 2 is 2.10 bits per heavy atom. The minimum absolute atomic E-state index is 0.117. The summed E-state index contributed by atoms with van der Waals surface area (Å²) < 4.78 is 9.98. The molecule has 5 heteroatoms. The highest BCUT2D eigenvalue weighted by Crippen LogP contribution is 2.28. The minimum atomic E-state index is -0.117. The fourth-order valence-electron chi connectivity index (χ4n) is 2.05. The van der Waals surface area contributed by atoms with Gasteiger partial charge in [-0.1, -0.05) is 43.7 Å². The molecule has 0 bridgehead atoms. The van der Waals surface area contributed by atoms with Gasteiger partial charge in [0.15, 0.2) is 6.54 Å². The summed E-state index contributed by atoms with van der Waals surface area (Å²) in [5.74, 6) is 0.272. The number of para-hydroxylation sites is 1. The lowest BCUT2D eigenvalue weighted by molar-refractivity contribution is -0.702. The van der Waals surface area contributed by atoms with Crippen molar-refractivity contribution < 1.29 is 14.1 Å². The van der Waals surface area contributed by atoms with E-state index in [4.69, 9.17) is 4.74 Å². The normalized spacial score (nSPS) is 11.0. The molecule has 0 atom stereocenters. The van der Waals surface area contributed by atoms with E-state index in [1.807, 2.05) is 0 Å². The van der Waals surface area contributed by atoms with E-state index in [1.54, 1.807) is 23.1 Å². The number of rotatable bonds is 8. The number of aryl methyl sites for hydroxylation is 1. The summed E-state index contributed by atoms with van der Waals surface area (Å²) in [7, 11) is 0. The van der Waals surface area contributed by atoms with Gasteiger partial charge in [-0.25, -0.2) is 0 Å². The monoisotopic (exact) mass is 324 g/mol. The van der Waals surface area contributed by atoms with E-state index in [0.717, 1.165) is 25.8 Å². The molecule has 0 amide bonds. The highest BCUT2D eigenvalue weighted by molar-refractivity contribution is 8.01. The van der Waals surface area contributed by atoms with E-state index in [9.17, 15) is 4.79 Å². The molecule has 2 rings (SSSR count). The van der Waals surface area contributed by atoms with Gasteiger partial charge in [-0.05, 0) is 24.2 Å². The second-order valence-electron chi connectivity index (χ2n) is 4.85. The van der Waals surface area contributed by atoms with Crippen LogP contribution < -0.4 is 4.57 Å². The van der Waals surface area contributed by atoms with Crippen LogP contribution in [0.1, 0.15) is 33.1 Å². The Kier molecular flexibility index (Phi) is 6.51. The van der Waals surface area contributed by atoms with Crippen LogP contribution in [0, 0.1) is 0 Å². The van der Waals surface area contributed by atoms with E-state index in [2.05, 4.69) is 42.7 Å². The van der Waals surface area contributed by atoms with E-state index in [1.165, 1.54) is 14.6 Å². The number of nitrogens with zero attached hydrogens (tertiary/aromatic N) is 1. The van der Waals surface area contributed by atoms with Crippen molar-refractivity contribution >= 4 is 39.3 Å². The fourth-order valence-corrected chi connectivity index (χ4v) is 4.32. The van der Waals surface area contributed by atoms with Crippen molar-refractivity contribution in [3.05, 3.63) is 24.3 Å². The van der Waals surface area contributed by atoms with Gasteiger partial charge in [0.25, 0.3) is 4.34 Å². The average Bonchev–Trinajstić information content (AvgIpc) is 2.84. The number of unbranched alkanes of at least 4 members (excludes halogenated alkanes) is 1. The van der Waals surface area contributed by atoms with Crippen LogP contribution in [-0.2, 0) is 16.1 Å². The Morgan fingerprint density at radius 1 is 1.29 bits per heavy atom. The molecule has 0 aliphatic rings. The lowest BCUT2D eigenvalue weighted by Crippen LogP contribution is -2.34. The Hall–Kier alpha value is -1.07. The molecule has 21 heavy (non-hydrogen) atoms. The molecule has 0 spiro atoms. The van der Waals surface area contributed by atoms with Crippen LogP contribution >= 0.6 is 23.1 Å². The highest BCUT2D eigenvalue weighted by atomic mass is 32.2. The van der Waals surface area contributed by atoms with Crippen molar-refractivity contribution in [1.82, 2.24) is 0 Å². The quantitative estimate of drug-likeness (QED) is 0.318. The Balaban J connectivity index is 2.03. The maximum absolute atomic E-state index is 11.7. The number of hydrogen-bond donors (Lipinski definition) is 0. The zero-order valence-electron chi connectivity index (χ0n) is 12.6.